The Labute approximate surface area is 104 Å². The molecule has 0 spiro atoms. The van der Waals surface area contributed by atoms with Gasteiger partial charge in [0, 0.05) is 12.3 Å². The van der Waals surface area contributed by atoms with Crippen LogP contribution in [0.15, 0.2) is 22.9 Å². The number of anilines is 1. The maximum atomic E-state index is 5.58. The normalized spacial score (nSPS) is 19.2. The number of nitrogens with two attached hydrogens (primary N) is 1. The number of nitrogens with zero attached hydrogens (tertiary/aromatic N) is 3. The molecule has 1 unspecified atom stereocenters. The summed E-state index contributed by atoms with van der Waals surface area (Å²) in [6.07, 6.45) is 4.13. The van der Waals surface area contributed by atoms with Gasteiger partial charge in [-0.3, -0.25) is 4.98 Å². The smallest absolute Gasteiger partial charge is 0.232 e. The molecule has 1 aliphatic heterocycles. The van der Waals surface area contributed by atoms with Crippen LogP contribution in [0.4, 0.5) is 5.69 Å². The molecular formula is C12H14N4O2. The van der Waals surface area contributed by atoms with Crippen LogP contribution < -0.4 is 5.73 Å². The van der Waals surface area contributed by atoms with Crippen LogP contribution in [0.3, 0.4) is 0 Å². The fourth-order valence-electron chi connectivity index (χ4n) is 1.95. The number of aromatic nitrogens is 3. The minimum atomic E-state index is -0.0122. The Bertz CT molecular complexity index is 517. The minimum absolute atomic E-state index is 0.0122. The topological polar surface area (TPSA) is 87.1 Å². The lowest BCUT2D eigenvalue weighted by Crippen LogP contribution is -1.99. The summed E-state index contributed by atoms with van der Waals surface area (Å²) in [4.78, 5) is 8.53. The predicted octanol–water partition coefficient (Wildman–Crippen LogP) is 1.49. The molecule has 1 atom stereocenters. The number of rotatable bonds is 3. The highest BCUT2D eigenvalue weighted by atomic mass is 16.5. The molecule has 0 radical (unpaired) electrons. The molecule has 1 fully saturated rings. The van der Waals surface area contributed by atoms with Gasteiger partial charge in [0.25, 0.3) is 0 Å². The quantitative estimate of drug-likeness (QED) is 0.882. The van der Waals surface area contributed by atoms with Crippen LogP contribution in [-0.2, 0) is 11.2 Å². The molecule has 6 nitrogen and oxygen atoms in total. The lowest BCUT2D eigenvalue weighted by Gasteiger charge is -2.00. The SMILES string of the molecule is Nc1ccc(Cc2nc(C3CCCO3)no2)nc1. The Balaban J connectivity index is 1.71. The van der Waals surface area contributed by atoms with Crippen LogP contribution >= 0.6 is 0 Å². The number of hydrogen-bond donors (Lipinski definition) is 1. The van der Waals surface area contributed by atoms with E-state index in [0.717, 1.165) is 25.1 Å². The Morgan fingerprint density at radius 1 is 1.39 bits per heavy atom. The van der Waals surface area contributed by atoms with Crippen LogP contribution in [0.5, 0.6) is 0 Å². The van der Waals surface area contributed by atoms with E-state index >= 15 is 0 Å². The monoisotopic (exact) mass is 246 g/mol. The molecule has 94 valence electrons. The van der Waals surface area contributed by atoms with Crippen LogP contribution in [0.2, 0.25) is 0 Å². The van der Waals surface area contributed by atoms with Gasteiger partial charge in [-0.1, -0.05) is 5.16 Å². The van der Waals surface area contributed by atoms with Crippen molar-refractivity contribution in [2.24, 2.45) is 0 Å². The number of pyridine rings is 1. The van der Waals surface area contributed by atoms with E-state index in [1.165, 1.54) is 0 Å². The van der Waals surface area contributed by atoms with Gasteiger partial charge in [0.05, 0.1) is 18.3 Å². The van der Waals surface area contributed by atoms with Crippen molar-refractivity contribution in [3.63, 3.8) is 0 Å². The van der Waals surface area contributed by atoms with E-state index in [1.807, 2.05) is 6.07 Å². The van der Waals surface area contributed by atoms with Gasteiger partial charge >= 0.3 is 0 Å². The molecule has 0 aliphatic carbocycles. The van der Waals surface area contributed by atoms with E-state index < -0.39 is 0 Å². The highest BCUT2D eigenvalue weighted by molar-refractivity contribution is 5.34. The summed E-state index contributed by atoms with van der Waals surface area (Å²) in [7, 11) is 0. The molecule has 2 aromatic heterocycles. The zero-order valence-electron chi connectivity index (χ0n) is 9.87. The van der Waals surface area contributed by atoms with Crippen molar-refractivity contribution in [1.29, 1.82) is 0 Å². The van der Waals surface area contributed by atoms with Gasteiger partial charge in [0.15, 0.2) is 0 Å². The molecule has 0 bridgehead atoms. The molecule has 1 aliphatic rings. The lowest BCUT2D eigenvalue weighted by atomic mass is 10.2. The first-order chi connectivity index (χ1) is 8.81. The largest absolute Gasteiger partial charge is 0.397 e. The second-order valence-corrected chi connectivity index (χ2v) is 4.31. The van der Waals surface area contributed by atoms with E-state index in [4.69, 9.17) is 15.0 Å². The maximum absolute atomic E-state index is 5.58. The molecule has 3 heterocycles. The Kier molecular flexibility index (Phi) is 2.93. The first kappa shape index (κ1) is 11.2. The van der Waals surface area contributed by atoms with Crippen LogP contribution in [0.25, 0.3) is 0 Å². The van der Waals surface area contributed by atoms with E-state index in [2.05, 4.69) is 15.1 Å². The minimum Gasteiger partial charge on any atom is -0.397 e. The van der Waals surface area contributed by atoms with Crippen LogP contribution in [-0.4, -0.2) is 21.7 Å². The van der Waals surface area contributed by atoms with E-state index in [-0.39, 0.29) is 6.10 Å². The summed E-state index contributed by atoms with van der Waals surface area (Å²) in [5.74, 6) is 1.19. The van der Waals surface area contributed by atoms with Crippen molar-refractivity contribution < 1.29 is 9.26 Å². The average molecular weight is 246 g/mol. The molecule has 18 heavy (non-hydrogen) atoms. The Morgan fingerprint density at radius 3 is 3.06 bits per heavy atom. The van der Waals surface area contributed by atoms with Gasteiger partial charge in [0.1, 0.15) is 6.10 Å². The van der Waals surface area contributed by atoms with Crippen LogP contribution in [0, 0.1) is 0 Å². The first-order valence-corrected chi connectivity index (χ1v) is 5.96. The highest BCUT2D eigenvalue weighted by Crippen LogP contribution is 2.26. The predicted molar refractivity (Wildman–Crippen MR) is 63.7 cm³/mol. The van der Waals surface area contributed by atoms with Crippen molar-refractivity contribution >= 4 is 5.69 Å². The fourth-order valence-corrected chi connectivity index (χ4v) is 1.95. The molecule has 0 amide bonds. The second-order valence-electron chi connectivity index (χ2n) is 4.31. The van der Waals surface area contributed by atoms with Gasteiger partial charge < -0.3 is 15.0 Å². The standard InChI is InChI=1S/C12H14N4O2/c13-8-3-4-9(14-7-8)6-11-15-12(16-18-11)10-2-1-5-17-10/h3-4,7,10H,1-2,5-6,13H2. The summed E-state index contributed by atoms with van der Waals surface area (Å²) < 4.78 is 10.7. The zero-order valence-corrected chi connectivity index (χ0v) is 9.87. The fraction of sp³-hybridized carbons (Fsp3) is 0.417. The third kappa shape index (κ3) is 2.33. The summed E-state index contributed by atoms with van der Waals surface area (Å²) in [5, 5.41) is 3.95. The molecular weight excluding hydrogens is 232 g/mol. The highest BCUT2D eigenvalue weighted by Gasteiger charge is 2.23. The van der Waals surface area contributed by atoms with Crippen molar-refractivity contribution in [2.45, 2.75) is 25.4 Å². The molecule has 3 rings (SSSR count). The van der Waals surface area contributed by atoms with Crippen molar-refractivity contribution in [3.8, 4) is 0 Å². The van der Waals surface area contributed by atoms with E-state index in [1.54, 1.807) is 12.3 Å². The molecule has 0 aromatic carbocycles. The molecule has 6 heteroatoms. The maximum Gasteiger partial charge on any atom is 0.232 e. The molecule has 2 N–H and O–H groups in total. The van der Waals surface area contributed by atoms with Crippen molar-refractivity contribution in [1.82, 2.24) is 15.1 Å². The molecule has 2 aromatic rings. The first-order valence-electron chi connectivity index (χ1n) is 5.96. The summed E-state index contributed by atoms with van der Waals surface area (Å²) in [5.41, 5.74) is 7.07. The number of nitrogen functional groups attached to an aromatic ring is 1. The lowest BCUT2D eigenvalue weighted by molar-refractivity contribution is 0.103. The molecule has 0 saturated carbocycles. The Hall–Kier alpha value is -1.95. The zero-order chi connectivity index (χ0) is 12.4. The Morgan fingerprint density at radius 2 is 2.33 bits per heavy atom. The van der Waals surface area contributed by atoms with E-state index in [9.17, 15) is 0 Å². The van der Waals surface area contributed by atoms with Crippen molar-refractivity contribution in [2.75, 3.05) is 12.3 Å². The van der Waals surface area contributed by atoms with Gasteiger partial charge in [-0.2, -0.15) is 4.98 Å². The summed E-state index contributed by atoms with van der Waals surface area (Å²) in [6, 6.07) is 3.66. The number of hydrogen-bond acceptors (Lipinski definition) is 6. The van der Waals surface area contributed by atoms with Gasteiger partial charge in [-0.15, -0.1) is 0 Å². The van der Waals surface area contributed by atoms with Crippen molar-refractivity contribution in [3.05, 3.63) is 35.7 Å². The van der Waals surface area contributed by atoms with Gasteiger partial charge in [-0.05, 0) is 25.0 Å². The summed E-state index contributed by atoms with van der Waals surface area (Å²) >= 11 is 0. The summed E-state index contributed by atoms with van der Waals surface area (Å²) in [6.45, 7) is 0.772. The van der Waals surface area contributed by atoms with Gasteiger partial charge in [-0.25, -0.2) is 0 Å². The van der Waals surface area contributed by atoms with E-state index in [0.29, 0.717) is 23.8 Å². The second kappa shape index (κ2) is 4.73. The third-order valence-corrected chi connectivity index (χ3v) is 2.88. The van der Waals surface area contributed by atoms with Crippen LogP contribution in [0.1, 0.15) is 36.4 Å². The average Bonchev–Trinajstić information content (AvgIpc) is 3.02. The molecule has 1 saturated heterocycles. The van der Waals surface area contributed by atoms with Gasteiger partial charge in [0.2, 0.25) is 11.7 Å². The third-order valence-electron chi connectivity index (χ3n) is 2.88. The number of ether oxygens (including phenoxy) is 1.